The Balaban J connectivity index is 2.07. The summed E-state index contributed by atoms with van der Waals surface area (Å²) in [5.41, 5.74) is 8.43. The van der Waals surface area contributed by atoms with E-state index in [1.54, 1.807) is 0 Å². The number of benzene rings is 2. The molecule has 0 radical (unpaired) electrons. The fourth-order valence-electron chi connectivity index (χ4n) is 2.90. The smallest absolute Gasteiger partial charge is 0.0446 e. The van der Waals surface area contributed by atoms with Crippen LogP contribution in [-0.4, -0.2) is 32.7 Å². The summed E-state index contributed by atoms with van der Waals surface area (Å²) in [6, 6.07) is 13.2. The van der Waals surface area contributed by atoms with Gasteiger partial charge in [0.25, 0.3) is 0 Å². The topological polar surface area (TPSA) is 41.3 Å². The third-order valence-electron chi connectivity index (χ3n) is 3.86. The highest BCUT2D eigenvalue weighted by atomic mass is 15.2. The van der Waals surface area contributed by atoms with Gasteiger partial charge in [0.1, 0.15) is 0 Å². The molecule has 0 spiro atoms. The molecule has 1 heterocycles. The highest BCUT2D eigenvalue weighted by Crippen LogP contribution is 2.29. The van der Waals surface area contributed by atoms with Gasteiger partial charge in [-0.25, -0.2) is 0 Å². The van der Waals surface area contributed by atoms with Crippen LogP contribution >= 0.6 is 0 Å². The average molecular weight is 255 g/mol. The Labute approximate surface area is 114 Å². The molecule has 0 atom stereocenters. The lowest BCUT2D eigenvalue weighted by molar-refractivity contribution is 0.590. The molecule has 3 nitrogen and oxygen atoms in total. The van der Waals surface area contributed by atoms with Crippen molar-refractivity contribution >= 4 is 16.5 Å². The van der Waals surface area contributed by atoms with Crippen molar-refractivity contribution in [2.24, 2.45) is 5.73 Å². The summed E-state index contributed by atoms with van der Waals surface area (Å²) < 4.78 is 0. The van der Waals surface area contributed by atoms with E-state index in [0.717, 1.165) is 32.6 Å². The zero-order chi connectivity index (χ0) is 13.1. The van der Waals surface area contributed by atoms with Crippen molar-refractivity contribution < 1.29 is 0 Å². The molecule has 3 rings (SSSR count). The van der Waals surface area contributed by atoms with Gasteiger partial charge < -0.3 is 16.0 Å². The van der Waals surface area contributed by atoms with Gasteiger partial charge in [0, 0.05) is 37.3 Å². The van der Waals surface area contributed by atoms with Crippen LogP contribution in [0.3, 0.4) is 0 Å². The molecule has 0 amide bonds. The molecule has 3 N–H and O–H groups in total. The van der Waals surface area contributed by atoms with Crippen molar-refractivity contribution in [1.29, 1.82) is 0 Å². The van der Waals surface area contributed by atoms with Crippen molar-refractivity contribution in [3.63, 3.8) is 0 Å². The van der Waals surface area contributed by atoms with Crippen LogP contribution in [0.15, 0.2) is 36.4 Å². The molecule has 0 aliphatic carbocycles. The Hall–Kier alpha value is -1.58. The van der Waals surface area contributed by atoms with Crippen molar-refractivity contribution in [3.8, 4) is 0 Å². The standard InChI is InChI=1S/C16H21N3/c17-8-7-13-5-6-16(19-11-9-18-10-12-19)15-4-2-1-3-14(13)15/h1-6,18H,7-12,17H2. The van der Waals surface area contributed by atoms with Crippen LogP contribution in [0, 0.1) is 0 Å². The molecular weight excluding hydrogens is 234 g/mol. The average Bonchev–Trinajstić information content (AvgIpc) is 2.49. The van der Waals surface area contributed by atoms with Crippen LogP contribution in [-0.2, 0) is 6.42 Å². The second-order valence-electron chi connectivity index (χ2n) is 5.07. The first-order valence-electron chi connectivity index (χ1n) is 7.06. The van der Waals surface area contributed by atoms with Crippen LogP contribution in [0.2, 0.25) is 0 Å². The number of nitrogens with one attached hydrogen (secondary N) is 1. The number of nitrogens with two attached hydrogens (primary N) is 1. The first kappa shape index (κ1) is 12.5. The van der Waals surface area contributed by atoms with E-state index < -0.39 is 0 Å². The molecule has 3 heteroatoms. The summed E-state index contributed by atoms with van der Waals surface area (Å²) in [5, 5.41) is 6.11. The molecule has 0 unspecified atom stereocenters. The van der Waals surface area contributed by atoms with Crippen LogP contribution in [0.25, 0.3) is 10.8 Å². The number of rotatable bonds is 3. The Morgan fingerprint density at radius 2 is 1.74 bits per heavy atom. The van der Waals surface area contributed by atoms with E-state index in [4.69, 9.17) is 5.73 Å². The number of hydrogen-bond acceptors (Lipinski definition) is 3. The van der Waals surface area contributed by atoms with E-state index in [-0.39, 0.29) is 0 Å². The van der Waals surface area contributed by atoms with E-state index in [0.29, 0.717) is 6.54 Å². The van der Waals surface area contributed by atoms with Gasteiger partial charge in [-0.3, -0.25) is 0 Å². The lowest BCUT2D eigenvalue weighted by Crippen LogP contribution is -2.43. The molecule has 2 aromatic rings. The molecule has 1 saturated heterocycles. The molecule has 1 aliphatic heterocycles. The fraction of sp³-hybridized carbons (Fsp3) is 0.375. The largest absolute Gasteiger partial charge is 0.368 e. The molecule has 2 aromatic carbocycles. The van der Waals surface area contributed by atoms with Gasteiger partial charge in [0.05, 0.1) is 0 Å². The zero-order valence-corrected chi connectivity index (χ0v) is 11.2. The van der Waals surface area contributed by atoms with E-state index in [1.165, 1.54) is 22.0 Å². The zero-order valence-electron chi connectivity index (χ0n) is 11.2. The first-order chi connectivity index (χ1) is 9.40. The Morgan fingerprint density at radius 1 is 1.00 bits per heavy atom. The van der Waals surface area contributed by atoms with E-state index >= 15 is 0 Å². The maximum absolute atomic E-state index is 5.71. The summed E-state index contributed by atoms with van der Waals surface area (Å²) in [7, 11) is 0. The lowest BCUT2D eigenvalue weighted by Gasteiger charge is -2.30. The maximum atomic E-state index is 5.71. The van der Waals surface area contributed by atoms with Crippen molar-refractivity contribution in [1.82, 2.24) is 5.32 Å². The monoisotopic (exact) mass is 255 g/mol. The number of fused-ring (bicyclic) bond motifs is 1. The van der Waals surface area contributed by atoms with Crippen molar-refractivity contribution in [2.45, 2.75) is 6.42 Å². The second kappa shape index (κ2) is 5.59. The summed E-state index contributed by atoms with van der Waals surface area (Å²) in [5.74, 6) is 0. The minimum absolute atomic E-state index is 0.705. The third kappa shape index (κ3) is 2.44. The SMILES string of the molecule is NCCc1ccc(N2CCNCC2)c2ccccc12. The van der Waals surface area contributed by atoms with Gasteiger partial charge in [0.15, 0.2) is 0 Å². The van der Waals surface area contributed by atoms with Crippen LogP contribution in [0.1, 0.15) is 5.56 Å². The highest BCUT2D eigenvalue weighted by Gasteiger charge is 2.14. The van der Waals surface area contributed by atoms with E-state index in [1.807, 2.05) is 0 Å². The Morgan fingerprint density at radius 3 is 2.47 bits per heavy atom. The normalized spacial score (nSPS) is 15.9. The molecule has 0 bridgehead atoms. The van der Waals surface area contributed by atoms with E-state index in [9.17, 15) is 0 Å². The summed E-state index contributed by atoms with van der Waals surface area (Å²) in [4.78, 5) is 2.48. The minimum atomic E-state index is 0.705. The lowest BCUT2D eigenvalue weighted by atomic mass is 10.00. The predicted octanol–water partition coefficient (Wildman–Crippen LogP) is 1.75. The molecular formula is C16H21N3. The molecule has 0 saturated carbocycles. The highest BCUT2D eigenvalue weighted by molar-refractivity contribution is 5.96. The molecule has 19 heavy (non-hydrogen) atoms. The quantitative estimate of drug-likeness (QED) is 0.878. The van der Waals surface area contributed by atoms with Gasteiger partial charge in [-0.2, -0.15) is 0 Å². The molecule has 1 fully saturated rings. The summed E-state index contributed by atoms with van der Waals surface area (Å²) in [6.07, 6.45) is 0.947. The third-order valence-corrected chi connectivity index (χ3v) is 3.86. The van der Waals surface area contributed by atoms with Crippen molar-refractivity contribution in [2.75, 3.05) is 37.6 Å². The predicted molar refractivity (Wildman–Crippen MR) is 81.8 cm³/mol. The molecule has 1 aliphatic rings. The molecule has 100 valence electrons. The van der Waals surface area contributed by atoms with Gasteiger partial charge in [-0.1, -0.05) is 30.3 Å². The summed E-state index contributed by atoms with van der Waals surface area (Å²) >= 11 is 0. The second-order valence-corrected chi connectivity index (χ2v) is 5.07. The Bertz CT molecular complexity index is 559. The van der Waals surface area contributed by atoms with Crippen molar-refractivity contribution in [3.05, 3.63) is 42.0 Å². The Kier molecular flexibility index (Phi) is 3.67. The van der Waals surface area contributed by atoms with Gasteiger partial charge >= 0.3 is 0 Å². The fourth-order valence-corrected chi connectivity index (χ4v) is 2.90. The maximum Gasteiger partial charge on any atom is 0.0446 e. The van der Waals surface area contributed by atoms with Crippen LogP contribution in [0.4, 0.5) is 5.69 Å². The summed E-state index contributed by atoms with van der Waals surface area (Å²) in [6.45, 7) is 5.01. The van der Waals surface area contributed by atoms with Gasteiger partial charge in [-0.15, -0.1) is 0 Å². The van der Waals surface area contributed by atoms with Crippen LogP contribution in [0.5, 0.6) is 0 Å². The first-order valence-corrected chi connectivity index (χ1v) is 7.06. The number of anilines is 1. The van der Waals surface area contributed by atoms with E-state index in [2.05, 4.69) is 46.6 Å². The van der Waals surface area contributed by atoms with Crippen LogP contribution < -0.4 is 16.0 Å². The van der Waals surface area contributed by atoms with Gasteiger partial charge in [0.2, 0.25) is 0 Å². The molecule has 0 aromatic heterocycles. The number of hydrogen-bond donors (Lipinski definition) is 2. The number of piperazine rings is 1. The minimum Gasteiger partial charge on any atom is -0.368 e. The number of nitrogens with zero attached hydrogens (tertiary/aromatic N) is 1. The van der Waals surface area contributed by atoms with Gasteiger partial charge in [-0.05, 0) is 30.0 Å².